The zero-order valence-corrected chi connectivity index (χ0v) is 18.0. The van der Waals surface area contributed by atoms with Gasteiger partial charge < -0.3 is 15.0 Å². The SMILES string of the molecule is O=C(Nc1ccc2nc(-c3ccc(Cl)cn3)[nH]c2c1)c1nnn(-c2ccc(OC(F)(F)F)cc2)n1. The molecule has 35 heavy (non-hydrogen) atoms. The number of anilines is 1. The Labute approximate surface area is 198 Å². The molecule has 0 bridgehead atoms. The number of nitrogens with one attached hydrogen (secondary N) is 2. The molecule has 0 radical (unpaired) electrons. The first-order valence-corrected chi connectivity index (χ1v) is 10.2. The summed E-state index contributed by atoms with van der Waals surface area (Å²) in [6, 6.07) is 13.3. The molecule has 0 unspecified atom stereocenters. The van der Waals surface area contributed by atoms with E-state index in [1.807, 2.05) is 0 Å². The number of fused-ring (bicyclic) bond motifs is 1. The molecule has 0 aliphatic carbocycles. The molecule has 5 aromatic rings. The van der Waals surface area contributed by atoms with E-state index in [0.29, 0.717) is 33.3 Å². The Morgan fingerprint density at radius 1 is 1.09 bits per heavy atom. The van der Waals surface area contributed by atoms with Gasteiger partial charge in [0.2, 0.25) is 0 Å². The van der Waals surface area contributed by atoms with Crippen LogP contribution in [0.3, 0.4) is 0 Å². The van der Waals surface area contributed by atoms with Crippen molar-refractivity contribution in [1.82, 2.24) is 35.2 Å². The summed E-state index contributed by atoms with van der Waals surface area (Å²) in [5.74, 6) is -0.733. The molecule has 0 atom stereocenters. The Bertz CT molecular complexity index is 1510. The van der Waals surface area contributed by atoms with Crippen LogP contribution < -0.4 is 10.1 Å². The third-order valence-corrected chi connectivity index (χ3v) is 4.85. The number of amides is 1. The van der Waals surface area contributed by atoms with Crippen LogP contribution in [-0.4, -0.2) is 47.4 Å². The lowest BCUT2D eigenvalue weighted by atomic mass is 10.2. The maximum absolute atomic E-state index is 12.6. The quantitative estimate of drug-likeness (QED) is 0.366. The van der Waals surface area contributed by atoms with Crippen molar-refractivity contribution >= 4 is 34.2 Å². The molecular formula is C21H12ClF3N8O2. The number of rotatable bonds is 5. The first kappa shape index (κ1) is 22.3. The fourth-order valence-electron chi connectivity index (χ4n) is 3.11. The van der Waals surface area contributed by atoms with Gasteiger partial charge in [-0.05, 0) is 59.8 Å². The molecule has 3 heterocycles. The zero-order chi connectivity index (χ0) is 24.6. The average molecular weight is 501 g/mol. The summed E-state index contributed by atoms with van der Waals surface area (Å²) in [5.41, 5.74) is 2.67. The van der Waals surface area contributed by atoms with E-state index in [1.165, 1.54) is 18.3 Å². The summed E-state index contributed by atoms with van der Waals surface area (Å²) >= 11 is 5.87. The maximum atomic E-state index is 12.6. The predicted octanol–water partition coefficient (Wildman–Crippen LogP) is 4.40. The van der Waals surface area contributed by atoms with Crippen molar-refractivity contribution in [2.24, 2.45) is 0 Å². The van der Waals surface area contributed by atoms with Crippen LogP contribution in [0.25, 0.3) is 28.2 Å². The van der Waals surface area contributed by atoms with E-state index in [9.17, 15) is 18.0 Å². The molecule has 2 N–H and O–H groups in total. The second-order valence-corrected chi connectivity index (χ2v) is 7.51. The number of H-pyrrole nitrogens is 1. The fourth-order valence-corrected chi connectivity index (χ4v) is 3.22. The minimum atomic E-state index is -4.80. The van der Waals surface area contributed by atoms with E-state index < -0.39 is 18.0 Å². The summed E-state index contributed by atoms with van der Waals surface area (Å²) in [5, 5.41) is 14.6. The van der Waals surface area contributed by atoms with E-state index in [4.69, 9.17) is 11.6 Å². The van der Waals surface area contributed by atoms with Gasteiger partial charge in [0.1, 0.15) is 11.4 Å². The number of carbonyl (C=O) groups is 1. The van der Waals surface area contributed by atoms with Gasteiger partial charge in [0.05, 0.1) is 21.7 Å². The smallest absolute Gasteiger partial charge is 0.406 e. The van der Waals surface area contributed by atoms with E-state index in [1.54, 1.807) is 30.3 Å². The molecule has 176 valence electrons. The summed E-state index contributed by atoms with van der Waals surface area (Å²) in [6.07, 6.45) is -3.29. The summed E-state index contributed by atoms with van der Waals surface area (Å²) in [6.45, 7) is 0. The number of alkyl halides is 3. The van der Waals surface area contributed by atoms with Crippen LogP contribution in [0.1, 0.15) is 10.6 Å². The highest BCUT2D eigenvalue weighted by atomic mass is 35.5. The number of aromatic amines is 1. The Kier molecular flexibility index (Phi) is 5.53. The van der Waals surface area contributed by atoms with Crippen molar-refractivity contribution in [1.29, 1.82) is 0 Å². The predicted molar refractivity (Wildman–Crippen MR) is 118 cm³/mol. The molecule has 0 saturated heterocycles. The van der Waals surface area contributed by atoms with Gasteiger partial charge in [-0.1, -0.05) is 11.6 Å². The van der Waals surface area contributed by atoms with E-state index in [-0.39, 0.29) is 11.5 Å². The van der Waals surface area contributed by atoms with Crippen molar-refractivity contribution in [2.45, 2.75) is 6.36 Å². The maximum Gasteiger partial charge on any atom is 0.573 e. The lowest BCUT2D eigenvalue weighted by molar-refractivity contribution is -0.274. The molecule has 10 nitrogen and oxygen atoms in total. The fraction of sp³-hybridized carbons (Fsp3) is 0.0476. The molecule has 0 saturated carbocycles. The molecule has 0 spiro atoms. The van der Waals surface area contributed by atoms with Crippen molar-refractivity contribution in [3.8, 4) is 23.0 Å². The Hall–Kier alpha value is -4.52. The van der Waals surface area contributed by atoms with E-state index >= 15 is 0 Å². The second kappa shape index (κ2) is 8.68. The summed E-state index contributed by atoms with van der Waals surface area (Å²) < 4.78 is 40.7. The highest BCUT2D eigenvalue weighted by molar-refractivity contribution is 6.30. The number of hydrogen-bond donors (Lipinski definition) is 2. The monoisotopic (exact) mass is 500 g/mol. The summed E-state index contributed by atoms with van der Waals surface area (Å²) in [7, 11) is 0. The van der Waals surface area contributed by atoms with Gasteiger partial charge in [-0.25, -0.2) is 4.98 Å². The topological polar surface area (TPSA) is 124 Å². The molecular weight excluding hydrogens is 489 g/mol. The minimum absolute atomic E-state index is 0.239. The van der Waals surface area contributed by atoms with Crippen molar-refractivity contribution in [3.63, 3.8) is 0 Å². The van der Waals surface area contributed by atoms with Crippen LogP contribution in [0.4, 0.5) is 18.9 Å². The third kappa shape index (κ3) is 5.04. The molecule has 0 fully saturated rings. The summed E-state index contributed by atoms with van der Waals surface area (Å²) in [4.78, 5) is 25.4. The van der Waals surface area contributed by atoms with Gasteiger partial charge in [-0.2, -0.15) is 0 Å². The molecule has 1 amide bonds. The number of imidazole rings is 1. The van der Waals surface area contributed by atoms with Crippen LogP contribution in [0.15, 0.2) is 60.8 Å². The lowest BCUT2D eigenvalue weighted by Crippen LogP contribution is -2.17. The molecule has 3 aromatic heterocycles. The van der Waals surface area contributed by atoms with E-state index in [0.717, 1.165) is 16.9 Å². The Morgan fingerprint density at radius 3 is 2.60 bits per heavy atom. The number of hydrogen-bond acceptors (Lipinski definition) is 7. The first-order valence-electron chi connectivity index (χ1n) is 9.83. The van der Waals surface area contributed by atoms with E-state index in [2.05, 4.69) is 40.4 Å². The number of ether oxygens (including phenoxy) is 1. The van der Waals surface area contributed by atoms with Crippen molar-refractivity contribution in [3.05, 3.63) is 71.6 Å². The highest BCUT2D eigenvalue weighted by Gasteiger charge is 2.31. The molecule has 5 rings (SSSR count). The standard InChI is InChI=1S/C21H12ClF3N8O2/c22-11-1-7-16(26-10-11)18-28-15-8-2-12(9-17(15)29-18)27-20(34)19-30-32-33(31-19)13-3-5-14(6-4-13)35-21(23,24)25/h1-10H,(H,27,34)(H,28,29). The van der Waals surface area contributed by atoms with Gasteiger partial charge in [-0.3, -0.25) is 9.78 Å². The average Bonchev–Trinajstić information content (AvgIpc) is 3.46. The Morgan fingerprint density at radius 2 is 1.89 bits per heavy atom. The van der Waals surface area contributed by atoms with Crippen molar-refractivity contribution < 1.29 is 22.7 Å². The first-order chi connectivity index (χ1) is 16.7. The number of carbonyl (C=O) groups excluding carboxylic acids is 1. The van der Waals surface area contributed by atoms with Gasteiger partial charge in [-0.15, -0.1) is 28.2 Å². The van der Waals surface area contributed by atoms with Gasteiger partial charge >= 0.3 is 6.36 Å². The van der Waals surface area contributed by atoms with Crippen LogP contribution in [0.2, 0.25) is 5.02 Å². The number of halogens is 4. The zero-order valence-electron chi connectivity index (χ0n) is 17.3. The molecule has 14 heteroatoms. The normalized spacial score (nSPS) is 11.5. The number of pyridine rings is 1. The lowest BCUT2D eigenvalue weighted by Gasteiger charge is -2.08. The molecule has 2 aromatic carbocycles. The largest absolute Gasteiger partial charge is 0.573 e. The minimum Gasteiger partial charge on any atom is -0.406 e. The van der Waals surface area contributed by atoms with Gasteiger partial charge in [0.25, 0.3) is 11.7 Å². The van der Waals surface area contributed by atoms with Crippen LogP contribution in [-0.2, 0) is 0 Å². The Balaban J connectivity index is 1.30. The second-order valence-electron chi connectivity index (χ2n) is 7.08. The van der Waals surface area contributed by atoms with Gasteiger partial charge in [0.15, 0.2) is 5.82 Å². The number of nitrogens with zero attached hydrogens (tertiary/aromatic N) is 6. The van der Waals surface area contributed by atoms with Crippen LogP contribution in [0.5, 0.6) is 5.75 Å². The third-order valence-electron chi connectivity index (χ3n) is 4.63. The van der Waals surface area contributed by atoms with Crippen molar-refractivity contribution in [2.75, 3.05) is 5.32 Å². The molecule has 0 aliphatic heterocycles. The van der Waals surface area contributed by atoms with Crippen LogP contribution >= 0.6 is 11.6 Å². The highest BCUT2D eigenvalue weighted by Crippen LogP contribution is 2.24. The van der Waals surface area contributed by atoms with Gasteiger partial charge in [0, 0.05) is 11.9 Å². The van der Waals surface area contributed by atoms with Crippen LogP contribution in [0, 0.1) is 0 Å². The number of benzene rings is 2. The molecule has 0 aliphatic rings. The number of aromatic nitrogens is 7. The number of tetrazole rings is 1.